The van der Waals surface area contributed by atoms with Gasteiger partial charge in [-0.15, -0.1) is 11.6 Å². The topological polar surface area (TPSA) is 0 Å². The smallest absolute Gasteiger partial charge is 0.0257 e. The zero-order valence-electron chi connectivity index (χ0n) is 10.2. The van der Waals surface area contributed by atoms with Crippen LogP contribution in [-0.2, 0) is 6.42 Å². The van der Waals surface area contributed by atoms with Crippen LogP contribution in [-0.4, -0.2) is 5.88 Å². The normalized spacial score (nSPS) is 19.2. The van der Waals surface area contributed by atoms with Crippen LogP contribution in [0.2, 0.25) is 0 Å². The highest BCUT2D eigenvalue weighted by molar-refractivity contribution is 9.10. The molecule has 0 nitrogen and oxygen atoms in total. The molecule has 2 heteroatoms. The van der Waals surface area contributed by atoms with E-state index in [9.17, 15) is 0 Å². The maximum Gasteiger partial charge on any atom is 0.0257 e. The van der Waals surface area contributed by atoms with Crippen molar-refractivity contribution >= 4 is 27.5 Å². The summed E-state index contributed by atoms with van der Waals surface area (Å²) in [5.41, 5.74) is 1.42. The molecule has 1 aromatic rings. The lowest BCUT2D eigenvalue weighted by Crippen LogP contribution is -2.21. The molecule has 0 bridgehead atoms. The molecule has 1 atom stereocenters. The molecule has 0 spiro atoms. The van der Waals surface area contributed by atoms with Gasteiger partial charge in [-0.1, -0.05) is 60.2 Å². The molecule has 2 rings (SSSR count). The number of halogens is 2. The third-order valence-corrected chi connectivity index (χ3v) is 4.85. The number of benzene rings is 1. The lowest BCUT2D eigenvalue weighted by molar-refractivity contribution is 0.265. The highest BCUT2D eigenvalue weighted by Gasteiger charge is 2.22. The van der Waals surface area contributed by atoms with E-state index < -0.39 is 0 Å². The van der Waals surface area contributed by atoms with Crippen molar-refractivity contribution in [1.82, 2.24) is 0 Å². The predicted octanol–water partition coefficient (Wildman–Crippen LogP) is 5.43. The largest absolute Gasteiger partial charge is 0.126 e. The maximum atomic E-state index is 6.17. The van der Waals surface area contributed by atoms with Crippen molar-refractivity contribution in [3.05, 3.63) is 34.3 Å². The van der Waals surface area contributed by atoms with E-state index in [4.69, 9.17) is 11.6 Å². The first kappa shape index (κ1) is 13.4. The lowest BCUT2D eigenvalue weighted by Gasteiger charge is -2.29. The fraction of sp³-hybridized carbons (Fsp3) is 0.600. The van der Waals surface area contributed by atoms with Crippen molar-refractivity contribution in [3.8, 4) is 0 Å². The molecule has 0 N–H and O–H groups in total. The first-order chi connectivity index (χ1) is 8.29. The molecule has 0 amide bonds. The van der Waals surface area contributed by atoms with E-state index in [1.54, 1.807) is 0 Å². The van der Waals surface area contributed by atoms with Gasteiger partial charge >= 0.3 is 0 Å². The summed E-state index contributed by atoms with van der Waals surface area (Å²) >= 11 is 9.65. The van der Waals surface area contributed by atoms with E-state index in [-0.39, 0.29) is 0 Å². The Morgan fingerprint density at radius 1 is 1.12 bits per heavy atom. The van der Waals surface area contributed by atoms with Gasteiger partial charge in [-0.05, 0) is 36.0 Å². The second-order valence-corrected chi connectivity index (χ2v) is 6.37. The highest BCUT2D eigenvalue weighted by Crippen LogP contribution is 2.32. The van der Waals surface area contributed by atoms with Crippen LogP contribution in [0.3, 0.4) is 0 Å². The molecule has 0 aromatic heterocycles. The molecule has 0 heterocycles. The number of alkyl halides is 1. The molecular weight excluding hydrogens is 296 g/mol. The third kappa shape index (κ3) is 3.99. The number of hydrogen-bond acceptors (Lipinski definition) is 0. The van der Waals surface area contributed by atoms with Crippen molar-refractivity contribution in [3.63, 3.8) is 0 Å². The summed E-state index contributed by atoms with van der Waals surface area (Å²) in [6.45, 7) is 0. The van der Waals surface area contributed by atoms with Crippen molar-refractivity contribution in [1.29, 1.82) is 0 Å². The Morgan fingerprint density at radius 2 is 1.76 bits per heavy atom. The average molecular weight is 316 g/mol. The number of hydrogen-bond donors (Lipinski definition) is 0. The summed E-state index contributed by atoms with van der Waals surface area (Å²) in [6.07, 6.45) is 8.13. The third-order valence-electron chi connectivity index (χ3n) is 3.93. The zero-order valence-corrected chi connectivity index (χ0v) is 12.5. The van der Waals surface area contributed by atoms with Crippen LogP contribution in [0.5, 0.6) is 0 Å². The Bertz CT molecular complexity index is 327. The van der Waals surface area contributed by atoms with E-state index in [0.717, 1.165) is 22.7 Å². The Kier molecular flexibility index (Phi) is 5.37. The molecule has 1 aliphatic rings. The maximum absolute atomic E-state index is 6.17. The molecule has 1 unspecified atom stereocenters. The van der Waals surface area contributed by atoms with Crippen molar-refractivity contribution < 1.29 is 0 Å². The minimum Gasteiger partial charge on any atom is -0.126 e. The second kappa shape index (κ2) is 6.80. The van der Waals surface area contributed by atoms with Crippen molar-refractivity contribution in [2.45, 2.75) is 38.5 Å². The van der Waals surface area contributed by atoms with E-state index in [2.05, 4.69) is 40.2 Å². The fourth-order valence-corrected chi connectivity index (χ4v) is 3.50. The van der Waals surface area contributed by atoms with E-state index in [1.165, 1.54) is 37.7 Å². The van der Waals surface area contributed by atoms with Crippen LogP contribution in [0.25, 0.3) is 0 Å². The van der Waals surface area contributed by atoms with Gasteiger partial charge in [0, 0.05) is 10.4 Å². The van der Waals surface area contributed by atoms with Gasteiger partial charge in [0.15, 0.2) is 0 Å². The molecule has 1 aliphatic carbocycles. The Hall–Kier alpha value is -0.0100. The molecule has 0 aliphatic heterocycles. The quantitative estimate of drug-likeness (QED) is 0.650. The van der Waals surface area contributed by atoms with Gasteiger partial charge in [0.05, 0.1) is 0 Å². The molecular formula is C15H20BrCl. The molecule has 1 saturated carbocycles. The summed E-state index contributed by atoms with van der Waals surface area (Å²) in [5, 5.41) is 0. The van der Waals surface area contributed by atoms with Crippen LogP contribution < -0.4 is 0 Å². The summed E-state index contributed by atoms with van der Waals surface area (Å²) in [6, 6.07) is 8.68. The van der Waals surface area contributed by atoms with Gasteiger partial charge in [0.2, 0.25) is 0 Å². The molecule has 17 heavy (non-hydrogen) atoms. The van der Waals surface area contributed by atoms with Crippen LogP contribution in [0, 0.1) is 11.8 Å². The van der Waals surface area contributed by atoms with E-state index >= 15 is 0 Å². The first-order valence-corrected chi connectivity index (χ1v) is 7.93. The van der Waals surface area contributed by atoms with Gasteiger partial charge in [-0.2, -0.15) is 0 Å². The van der Waals surface area contributed by atoms with E-state index in [0.29, 0.717) is 5.92 Å². The fourth-order valence-electron chi connectivity index (χ4n) is 2.88. The van der Waals surface area contributed by atoms with Crippen LogP contribution in [0.4, 0.5) is 0 Å². The van der Waals surface area contributed by atoms with Crippen LogP contribution >= 0.6 is 27.5 Å². The molecule has 94 valence electrons. The van der Waals surface area contributed by atoms with Crippen molar-refractivity contribution in [2.75, 3.05) is 5.88 Å². The van der Waals surface area contributed by atoms with Crippen LogP contribution in [0.15, 0.2) is 28.7 Å². The van der Waals surface area contributed by atoms with Gasteiger partial charge < -0.3 is 0 Å². The van der Waals surface area contributed by atoms with Gasteiger partial charge in [-0.3, -0.25) is 0 Å². The summed E-state index contributed by atoms with van der Waals surface area (Å²) in [4.78, 5) is 0. The van der Waals surface area contributed by atoms with Gasteiger partial charge in [0.25, 0.3) is 0 Å². The Labute approximate surface area is 118 Å². The zero-order chi connectivity index (χ0) is 12.1. The van der Waals surface area contributed by atoms with Crippen LogP contribution in [0.1, 0.15) is 37.7 Å². The molecule has 1 aromatic carbocycles. The van der Waals surface area contributed by atoms with E-state index in [1.807, 2.05) is 0 Å². The van der Waals surface area contributed by atoms with Crippen molar-refractivity contribution in [2.24, 2.45) is 11.8 Å². The summed E-state index contributed by atoms with van der Waals surface area (Å²) in [5.74, 6) is 2.32. The average Bonchev–Trinajstić information content (AvgIpc) is 2.39. The predicted molar refractivity (Wildman–Crippen MR) is 78.6 cm³/mol. The second-order valence-electron chi connectivity index (χ2n) is 5.14. The summed E-state index contributed by atoms with van der Waals surface area (Å²) in [7, 11) is 0. The Morgan fingerprint density at radius 3 is 2.35 bits per heavy atom. The SMILES string of the molecule is ClCC(Cc1ccc(Br)cc1)C1CCCCC1. The molecule has 0 radical (unpaired) electrons. The monoisotopic (exact) mass is 314 g/mol. The first-order valence-electron chi connectivity index (χ1n) is 6.60. The lowest BCUT2D eigenvalue weighted by atomic mass is 9.78. The molecule has 0 saturated heterocycles. The summed E-state index contributed by atoms with van der Waals surface area (Å²) < 4.78 is 1.15. The van der Waals surface area contributed by atoms with Gasteiger partial charge in [-0.25, -0.2) is 0 Å². The van der Waals surface area contributed by atoms with Gasteiger partial charge in [0.1, 0.15) is 0 Å². The number of rotatable bonds is 4. The minimum absolute atomic E-state index is 0.665. The Balaban J connectivity index is 1.96. The minimum atomic E-state index is 0.665. The standard InChI is InChI=1S/C15H20BrCl/c16-15-8-6-12(7-9-15)10-14(11-17)13-4-2-1-3-5-13/h6-9,13-14H,1-5,10-11H2. The molecule has 1 fully saturated rings. The highest BCUT2D eigenvalue weighted by atomic mass is 79.9.